The molecule has 0 saturated carbocycles. The largest absolute Gasteiger partial charge is 0.373 e. The fourth-order valence-corrected chi connectivity index (χ4v) is 3.27. The van der Waals surface area contributed by atoms with Crippen molar-refractivity contribution in [3.05, 3.63) is 28.2 Å². The molecule has 1 aliphatic heterocycles. The van der Waals surface area contributed by atoms with Crippen LogP contribution in [-0.2, 0) is 7.05 Å². The number of hydrogen-bond acceptors (Lipinski definition) is 8. The van der Waals surface area contributed by atoms with E-state index in [0.29, 0.717) is 18.1 Å². The van der Waals surface area contributed by atoms with Gasteiger partial charge in [0.25, 0.3) is 0 Å². The summed E-state index contributed by atoms with van der Waals surface area (Å²) in [6.45, 7) is 3.13. The second-order valence-corrected chi connectivity index (χ2v) is 6.05. The molecule has 0 aliphatic carbocycles. The highest BCUT2D eigenvalue weighted by molar-refractivity contribution is 5.60. The van der Waals surface area contributed by atoms with Crippen molar-refractivity contribution in [3.63, 3.8) is 0 Å². The average molecular weight is 346 g/mol. The highest BCUT2D eigenvalue weighted by atomic mass is 16.6. The Kier molecular flexibility index (Phi) is 4.68. The SMILES string of the molecule is CNc1cc(N2CCC[C@@H]2CNc2c([N+](=O)[O-])c(C)nn2C)ncn1. The summed E-state index contributed by atoms with van der Waals surface area (Å²) in [5, 5.41) is 21.7. The zero-order valence-electron chi connectivity index (χ0n) is 14.6. The third-order valence-corrected chi connectivity index (χ3v) is 4.46. The molecule has 10 heteroatoms. The number of hydrogen-bond donors (Lipinski definition) is 2. The Morgan fingerprint density at radius 3 is 2.96 bits per heavy atom. The Morgan fingerprint density at radius 1 is 1.44 bits per heavy atom. The molecule has 2 aromatic heterocycles. The predicted octanol–water partition coefficient (Wildman–Crippen LogP) is 1.55. The van der Waals surface area contributed by atoms with Gasteiger partial charge in [0.1, 0.15) is 23.7 Å². The fraction of sp³-hybridized carbons (Fsp3) is 0.533. The Balaban J connectivity index is 1.76. The van der Waals surface area contributed by atoms with Gasteiger partial charge in [0.15, 0.2) is 0 Å². The first-order valence-corrected chi connectivity index (χ1v) is 8.19. The molecule has 1 fully saturated rings. The molecule has 2 aromatic rings. The van der Waals surface area contributed by atoms with Gasteiger partial charge < -0.3 is 15.5 Å². The summed E-state index contributed by atoms with van der Waals surface area (Å²) in [6, 6.07) is 2.11. The summed E-state index contributed by atoms with van der Waals surface area (Å²) in [7, 11) is 3.53. The van der Waals surface area contributed by atoms with Gasteiger partial charge in [-0.25, -0.2) is 14.6 Å². The van der Waals surface area contributed by atoms with Gasteiger partial charge in [0, 0.05) is 39.3 Å². The van der Waals surface area contributed by atoms with Crippen molar-refractivity contribution in [2.24, 2.45) is 7.05 Å². The van der Waals surface area contributed by atoms with Crippen LogP contribution in [0.4, 0.5) is 23.1 Å². The molecule has 1 saturated heterocycles. The van der Waals surface area contributed by atoms with Crippen LogP contribution in [0.2, 0.25) is 0 Å². The van der Waals surface area contributed by atoms with E-state index in [4.69, 9.17) is 0 Å². The van der Waals surface area contributed by atoms with Crippen LogP contribution < -0.4 is 15.5 Å². The highest BCUT2D eigenvalue weighted by Gasteiger charge is 2.29. The van der Waals surface area contributed by atoms with Crippen LogP contribution in [0.1, 0.15) is 18.5 Å². The molecule has 1 aliphatic rings. The normalized spacial score (nSPS) is 16.9. The van der Waals surface area contributed by atoms with Gasteiger partial charge in [-0.2, -0.15) is 5.10 Å². The van der Waals surface area contributed by atoms with Crippen molar-refractivity contribution < 1.29 is 4.92 Å². The van der Waals surface area contributed by atoms with Gasteiger partial charge in [-0.15, -0.1) is 0 Å². The molecule has 1 atom stereocenters. The maximum Gasteiger partial charge on any atom is 0.333 e. The maximum atomic E-state index is 11.3. The Hall–Kier alpha value is -2.91. The Labute approximate surface area is 145 Å². The topological polar surface area (TPSA) is 114 Å². The lowest BCUT2D eigenvalue weighted by Crippen LogP contribution is -2.36. The molecule has 0 radical (unpaired) electrons. The number of aromatic nitrogens is 4. The molecule has 0 unspecified atom stereocenters. The van der Waals surface area contributed by atoms with Gasteiger partial charge in [-0.1, -0.05) is 0 Å². The van der Waals surface area contributed by atoms with E-state index in [-0.39, 0.29) is 16.7 Å². The zero-order valence-corrected chi connectivity index (χ0v) is 14.6. The molecule has 0 spiro atoms. The number of nitro groups is 1. The van der Waals surface area contributed by atoms with Crippen LogP contribution in [0.5, 0.6) is 0 Å². The number of rotatable bonds is 6. The van der Waals surface area contributed by atoms with E-state index in [1.807, 2.05) is 13.1 Å². The van der Waals surface area contributed by atoms with E-state index >= 15 is 0 Å². The first kappa shape index (κ1) is 16.9. The second kappa shape index (κ2) is 6.91. The highest BCUT2D eigenvalue weighted by Crippen LogP contribution is 2.29. The Morgan fingerprint density at radius 2 is 2.24 bits per heavy atom. The molecule has 3 heterocycles. The van der Waals surface area contributed by atoms with Gasteiger partial charge in [0.2, 0.25) is 5.82 Å². The van der Waals surface area contributed by atoms with E-state index in [1.54, 1.807) is 20.3 Å². The molecule has 25 heavy (non-hydrogen) atoms. The minimum atomic E-state index is -0.388. The summed E-state index contributed by atoms with van der Waals surface area (Å²) in [5.74, 6) is 2.06. The van der Waals surface area contributed by atoms with Gasteiger partial charge in [-0.3, -0.25) is 10.1 Å². The van der Waals surface area contributed by atoms with Crippen LogP contribution >= 0.6 is 0 Å². The van der Waals surface area contributed by atoms with Crippen LogP contribution in [0.25, 0.3) is 0 Å². The number of aryl methyl sites for hydroxylation is 2. The van der Waals surface area contributed by atoms with Gasteiger partial charge in [0.05, 0.1) is 4.92 Å². The summed E-state index contributed by atoms with van der Waals surface area (Å²) in [5.41, 5.74) is 0.444. The van der Waals surface area contributed by atoms with Crippen LogP contribution in [-0.4, -0.2) is 50.9 Å². The minimum absolute atomic E-state index is 0.0338. The van der Waals surface area contributed by atoms with Crippen molar-refractivity contribution in [1.29, 1.82) is 0 Å². The van der Waals surface area contributed by atoms with Crippen molar-refractivity contribution in [3.8, 4) is 0 Å². The first-order valence-electron chi connectivity index (χ1n) is 8.19. The average Bonchev–Trinajstić information content (AvgIpc) is 3.16. The smallest absolute Gasteiger partial charge is 0.333 e. The molecule has 0 amide bonds. The predicted molar refractivity (Wildman–Crippen MR) is 95.0 cm³/mol. The second-order valence-electron chi connectivity index (χ2n) is 6.05. The standard InChI is InChI=1S/C15H22N8O2/c1-10-14(23(24)25)15(21(3)20-10)17-8-11-5-4-6-22(11)13-7-12(16-2)18-9-19-13/h7,9,11,17H,4-6,8H2,1-3H3,(H,16,18,19)/t11-/m1/s1. The molecule has 0 bridgehead atoms. The fourth-order valence-electron chi connectivity index (χ4n) is 3.27. The van der Waals surface area contributed by atoms with E-state index in [9.17, 15) is 10.1 Å². The lowest BCUT2D eigenvalue weighted by atomic mass is 10.2. The lowest BCUT2D eigenvalue weighted by Gasteiger charge is -2.26. The maximum absolute atomic E-state index is 11.3. The van der Waals surface area contributed by atoms with E-state index in [1.165, 1.54) is 4.68 Å². The molecule has 3 rings (SSSR count). The molecular weight excluding hydrogens is 324 g/mol. The third kappa shape index (κ3) is 3.32. The van der Waals surface area contributed by atoms with Crippen LogP contribution in [0, 0.1) is 17.0 Å². The summed E-state index contributed by atoms with van der Waals surface area (Å²) in [4.78, 5) is 21.6. The number of nitrogens with one attached hydrogen (secondary N) is 2. The summed E-state index contributed by atoms with van der Waals surface area (Å²) >= 11 is 0. The minimum Gasteiger partial charge on any atom is -0.373 e. The van der Waals surface area contributed by atoms with E-state index in [0.717, 1.165) is 31.0 Å². The van der Waals surface area contributed by atoms with E-state index < -0.39 is 0 Å². The van der Waals surface area contributed by atoms with Crippen LogP contribution in [0.3, 0.4) is 0 Å². The van der Waals surface area contributed by atoms with Crippen molar-refractivity contribution in [2.75, 3.05) is 35.7 Å². The molecule has 0 aromatic carbocycles. The van der Waals surface area contributed by atoms with Gasteiger partial charge >= 0.3 is 5.69 Å². The molecule has 2 N–H and O–H groups in total. The lowest BCUT2D eigenvalue weighted by molar-refractivity contribution is -0.384. The first-order chi connectivity index (χ1) is 12.0. The number of anilines is 3. The molecular formula is C15H22N8O2. The van der Waals surface area contributed by atoms with Crippen LogP contribution in [0.15, 0.2) is 12.4 Å². The van der Waals surface area contributed by atoms with Crippen molar-refractivity contribution in [1.82, 2.24) is 19.7 Å². The third-order valence-electron chi connectivity index (χ3n) is 4.46. The molecule has 134 valence electrons. The van der Waals surface area contributed by atoms with Crippen molar-refractivity contribution in [2.45, 2.75) is 25.8 Å². The van der Waals surface area contributed by atoms with Gasteiger partial charge in [-0.05, 0) is 19.8 Å². The number of nitrogens with zero attached hydrogens (tertiary/aromatic N) is 6. The quantitative estimate of drug-likeness (QED) is 0.598. The molecule has 10 nitrogen and oxygen atoms in total. The van der Waals surface area contributed by atoms with Crippen molar-refractivity contribution >= 4 is 23.1 Å². The monoisotopic (exact) mass is 346 g/mol. The summed E-state index contributed by atoms with van der Waals surface area (Å²) in [6.07, 6.45) is 3.59. The summed E-state index contributed by atoms with van der Waals surface area (Å²) < 4.78 is 1.52. The van der Waals surface area contributed by atoms with E-state index in [2.05, 4.69) is 30.6 Å². The zero-order chi connectivity index (χ0) is 18.0. The Bertz CT molecular complexity index is 775.